The quantitative estimate of drug-likeness (QED) is 0.351. The number of carbonyl (C=O) groups excluding carboxylic acids is 2. The van der Waals surface area contributed by atoms with Crippen LogP contribution in [0.5, 0.6) is 0 Å². The van der Waals surface area contributed by atoms with Gasteiger partial charge in [-0.15, -0.1) is 6.58 Å². The number of Topliss-reactive ketones (excluding diaryl/α,β-unsaturated/α-hetero) is 1. The van der Waals surface area contributed by atoms with Crippen LogP contribution in [0.25, 0.3) is 0 Å². The fourth-order valence-corrected chi connectivity index (χ4v) is 1.00. The predicted octanol–water partition coefficient (Wildman–Crippen LogP) is 2.42. The van der Waals surface area contributed by atoms with Crippen molar-refractivity contribution >= 4 is 11.8 Å². The van der Waals surface area contributed by atoms with Crippen LogP contribution in [-0.4, -0.2) is 18.4 Å². The maximum Gasteiger partial charge on any atom is 0.330 e. The van der Waals surface area contributed by atoms with Crippen molar-refractivity contribution in [2.75, 3.05) is 6.61 Å². The molecule has 0 unspecified atom stereocenters. The van der Waals surface area contributed by atoms with E-state index in [2.05, 4.69) is 11.3 Å². The first-order chi connectivity index (χ1) is 7.20. The van der Waals surface area contributed by atoms with Crippen molar-refractivity contribution in [1.29, 1.82) is 0 Å². The highest BCUT2D eigenvalue weighted by Gasteiger charge is 1.98. The zero-order valence-electron chi connectivity index (χ0n) is 9.20. The molecular formula is C12H18O3. The van der Waals surface area contributed by atoms with Crippen molar-refractivity contribution in [2.45, 2.75) is 32.6 Å². The first-order valence-corrected chi connectivity index (χ1v) is 5.16. The Bertz CT molecular complexity index is 241. The Morgan fingerprint density at radius 1 is 1.27 bits per heavy atom. The van der Waals surface area contributed by atoms with E-state index < -0.39 is 0 Å². The van der Waals surface area contributed by atoms with Gasteiger partial charge in [-0.1, -0.05) is 12.2 Å². The number of allylic oxidation sites excluding steroid dienone is 2. The lowest BCUT2D eigenvalue weighted by atomic mass is 10.1. The molecule has 0 saturated heterocycles. The molecule has 3 nitrogen and oxygen atoms in total. The molecule has 0 spiro atoms. The van der Waals surface area contributed by atoms with Gasteiger partial charge >= 0.3 is 5.97 Å². The molecule has 3 heteroatoms. The Balaban J connectivity index is 3.55. The van der Waals surface area contributed by atoms with E-state index in [1.165, 1.54) is 6.08 Å². The van der Waals surface area contributed by atoms with E-state index >= 15 is 0 Å². The summed E-state index contributed by atoms with van der Waals surface area (Å²) >= 11 is 0. The third-order valence-electron chi connectivity index (χ3n) is 1.76. The maximum absolute atomic E-state index is 11.2. The number of hydrogen-bond donors (Lipinski definition) is 0. The van der Waals surface area contributed by atoms with E-state index in [4.69, 9.17) is 0 Å². The summed E-state index contributed by atoms with van der Waals surface area (Å²) in [5.41, 5.74) is 0. The predicted molar refractivity (Wildman–Crippen MR) is 59.4 cm³/mol. The molecule has 15 heavy (non-hydrogen) atoms. The third-order valence-corrected chi connectivity index (χ3v) is 1.76. The van der Waals surface area contributed by atoms with E-state index in [1.807, 2.05) is 0 Å². The molecule has 0 aliphatic rings. The van der Waals surface area contributed by atoms with Crippen LogP contribution in [0.3, 0.4) is 0 Å². The highest BCUT2D eigenvalue weighted by Crippen LogP contribution is 2.00. The molecule has 0 aromatic rings. The van der Waals surface area contributed by atoms with Gasteiger partial charge in [0.05, 0.1) is 6.61 Å². The molecular weight excluding hydrogens is 192 g/mol. The van der Waals surface area contributed by atoms with Crippen molar-refractivity contribution in [3.05, 3.63) is 24.8 Å². The Kier molecular flexibility index (Phi) is 8.34. The van der Waals surface area contributed by atoms with Crippen LogP contribution in [-0.2, 0) is 14.3 Å². The Hall–Kier alpha value is -1.38. The summed E-state index contributed by atoms with van der Waals surface area (Å²) in [4.78, 5) is 22.0. The number of ether oxygens (including phenoxy) is 1. The lowest BCUT2D eigenvalue weighted by Crippen LogP contribution is -1.99. The minimum atomic E-state index is -0.351. The number of carbonyl (C=O) groups is 2. The second-order valence-corrected chi connectivity index (χ2v) is 3.06. The topological polar surface area (TPSA) is 43.4 Å². The van der Waals surface area contributed by atoms with Crippen LogP contribution in [0.1, 0.15) is 32.6 Å². The summed E-state index contributed by atoms with van der Waals surface area (Å²) in [5, 5.41) is 0. The van der Waals surface area contributed by atoms with E-state index in [-0.39, 0.29) is 11.8 Å². The SMILES string of the molecule is C=CCCC(=O)CC/C=C/C(=O)OCC. The summed E-state index contributed by atoms with van der Waals surface area (Å²) in [6.45, 7) is 5.68. The van der Waals surface area contributed by atoms with Crippen LogP contribution in [0, 0.1) is 0 Å². The van der Waals surface area contributed by atoms with Gasteiger partial charge in [0.1, 0.15) is 5.78 Å². The monoisotopic (exact) mass is 210 g/mol. The Morgan fingerprint density at radius 3 is 2.53 bits per heavy atom. The molecule has 0 N–H and O–H groups in total. The van der Waals surface area contributed by atoms with E-state index in [9.17, 15) is 9.59 Å². The minimum Gasteiger partial charge on any atom is -0.463 e. The average Bonchev–Trinajstić information content (AvgIpc) is 2.22. The molecule has 0 atom stereocenters. The van der Waals surface area contributed by atoms with Gasteiger partial charge in [-0.2, -0.15) is 0 Å². The first kappa shape index (κ1) is 13.6. The largest absolute Gasteiger partial charge is 0.463 e. The first-order valence-electron chi connectivity index (χ1n) is 5.16. The zero-order chi connectivity index (χ0) is 11.5. The van der Waals surface area contributed by atoms with Crippen LogP contribution < -0.4 is 0 Å². The molecule has 84 valence electrons. The minimum absolute atomic E-state index is 0.198. The van der Waals surface area contributed by atoms with Gasteiger partial charge < -0.3 is 4.74 Å². The van der Waals surface area contributed by atoms with Crippen molar-refractivity contribution in [3.63, 3.8) is 0 Å². The van der Waals surface area contributed by atoms with Gasteiger partial charge in [-0.3, -0.25) is 4.79 Å². The molecule has 0 aromatic heterocycles. The molecule has 0 amide bonds. The van der Waals surface area contributed by atoms with Gasteiger partial charge in [-0.25, -0.2) is 4.79 Å². The number of ketones is 1. The summed E-state index contributed by atoms with van der Waals surface area (Å²) in [6, 6.07) is 0. The molecule has 0 radical (unpaired) electrons. The highest BCUT2D eigenvalue weighted by molar-refractivity contribution is 5.82. The van der Waals surface area contributed by atoms with Crippen molar-refractivity contribution in [2.24, 2.45) is 0 Å². The molecule has 0 aromatic carbocycles. The standard InChI is InChI=1S/C12H18O3/c1-3-5-8-11(13)9-6-7-10-12(14)15-4-2/h3,7,10H,1,4-6,8-9H2,2H3/b10-7+. The lowest BCUT2D eigenvalue weighted by Gasteiger charge is -1.96. The fourth-order valence-electron chi connectivity index (χ4n) is 1.00. The van der Waals surface area contributed by atoms with Gasteiger partial charge in [-0.05, 0) is 19.8 Å². The molecule has 0 aliphatic carbocycles. The van der Waals surface area contributed by atoms with E-state index in [0.29, 0.717) is 25.9 Å². The molecule has 0 bridgehead atoms. The molecule has 0 fully saturated rings. The second-order valence-electron chi connectivity index (χ2n) is 3.06. The van der Waals surface area contributed by atoms with Crippen molar-refractivity contribution < 1.29 is 14.3 Å². The second kappa shape index (κ2) is 9.19. The molecule has 0 saturated carbocycles. The summed E-state index contributed by atoms with van der Waals surface area (Å²) in [6.07, 6.45) is 7.09. The van der Waals surface area contributed by atoms with Gasteiger partial charge in [0.15, 0.2) is 0 Å². The normalized spacial score (nSPS) is 10.2. The van der Waals surface area contributed by atoms with Crippen LogP contribution in [0.15, 0.2) is 24.8 Å². The van der Waals surface area contributed by atoms with E-state index in [1.54, 1.807) is 19.1 Å². The van der Waals surface area contributed by atoms with Crippen LogP contribution in [0.4, 0.5) is 0 Å². The average molecular weight is 210 g/mol. The van der Waals surface area contributed by atoms with Crippen molar-refractivity contribution in [3.8, 4) is 0 Å². The summed E-state index contributed by atoms with van der Waals surface area (Å²) in [7, 11) is 0. The molecule has 0 heterocycles. The molecule has 0 aliphatic heterocycles. The Labute approximate surface area is 90.8 Å². The number of rotatable bonds is 8. The van der Waals surface area contributed by atoms with Crippen LogP contribution >= 0.6 is 0 Å². The van der Waals surface area contributed by atoms with Gasteiger partial charge in [0.25, 0.3) is 0 Å². The van der Waals surface area contributed by atoms with Gasteiger partial charge in [0.2, 0.25) is 0 Å². The Morgan fingerprint density at radius 2 is 1.93 bits per heavy atom. The van der Waals surface area contributed by atoms with Crippen LogP contribution in [0.2, 0.25) is 0 Å². The number of esters is 1. The fraction of sp³-hybridized carbons (Fsp3) is 0.500. The number of hydrogen-bond acceptors (Lipinski definition) is 3. The van der Waals surface area contributed by atoms with Crippen molar-refractivity contribution in [1.82, 2.24) is 0 Å². The zero-order valence-corrected chi connectivity index (χ0v) is 9.20. The summed E-state index contributed by atoms with van der Waals surface area (Å²) in [5.74, 6) is -0.153. The third kappa shape index (κ3) is 8.94. The highest BCUT2D eigenvalue weighted by atomic mass is 16.5. The lowest BCUT2D eigenvalue weighted by molar-refractivity contribution is -0.137. The smallest absolute Gasteiger partial charge is 0.330 e. The summed E-state index contributed by atoms with van der Waals surface area (Å²) < 4.78 is 4.69. The van der Waals surface area contributed by atoms with E-state index in [0.717, 1.165) is 6.42 Å². The molecule has 0 rings (SSSR count). The maximum atomic E-state index is 11.2. The van der Waals surface area contributed by atoms with Gasteiger partial charge in [0, 0.05) is 18.9 Å².